The Kier molecular flexibility index (Phi) is 3.66. The quantitative estimate of drug-likeness (QED) is 0.787. The van der Waals surface area contributed by atoms with Gasteiger partial charge in [0.15, 0.2) is 0 Å². The van der Waals surface area contributed by atoms with Crippen molar-refractivity contribution in [1.82, 2.24) is 0 Å². The predicted molar refractivity (Wildman–Crippen MR) is 63.6 cm³/mol. The van der Waals surface area contributed by atoms with Crippen LogP contribution in [-0.2, 0) is 6.42 Å². The maximum absolute atomic E-state index is 8.43. The molecule has 0 aromatic heterocycles. The fourth-order valence-electron chi connectivity index (χ4n) is 1.87. The fourth-order valence-corrected chi connectivity index (χ4v) is 1.87. The van der Waals surface area contributed by atoms with E-state index < -0.39 is 0 Å². The van der Waals surface area contributed by atoms with E-state index in [0.29, 0.717) is 6.42 Å². The highest BCUT2D eigenvalue weighted by Gasteiger charge is 2.09. The molecule has 0 saturated heterocycles. The lowest BCUT2D eigenvalue weighted by Crippen LogP contribution is -2.09. The molecular formula is C13H16N2O. The van der Waals surface area contributed by atoms with E-state index in [0.717, 1.165) is 43.9 Å². The zero-order valence-corrected chi connectivity index (χ0v) is 9.33. The molecule has 0 fully saturated rings. The zero-order valence-electron chi connectivity index (χ0n) is 9.33. The van der Waals surface area contributed by atoms with Crippen LogP contribution in [0.25, 0.3) is 0 Å². The van der Waals surface area contributed by atoms with E-state index >= 15 is 0 Å². The Balaban J connectivity index is 1.93. The molecule has 2 rings (SSSR count). The number of hydrogen-bond acceptors (Lipinski definition) is 3. The maximum atomic E-state index is 8.43. The van der Waals surface area contributed by atoms with Crippen molar-refractivity contribution in [2.75, 3.05) is 18.5 Å². The summed E-state index contributed by atoms with van der Waals surface area (Å²) in [6, 6.07) is 8.36. The van der Waals surface area contributed by atoms with Crippen LogP contribution in [0, 0.1) is 11.3 Å². The summed E-state index contributed by atoms with van der Waals surface area (Å²) in [5, 5.41) is 11.8. The number of nitrogens with one attached hydrogen (secondary N) is 1. The average Bonchev–Trinajstić information content (AvgIpc) is 2.34. The Morgan fingerprint density at radius 3 is 3.25 bits per heavy atom. The normalized spacial score (nSPS) is 13.4. The molecule has 3 heteroatoms. The minimum Gasteiger partial charge on any atom is -0.493 e. The van der Waals surface area contributed by atoms with Crippen molar-refractivity contribution < 1.29 is 4.74 Å². The van der Waals surface area contributed by atoms with Gasteiger partial charge in [0.2, 0.25) is 0 Å². The highest BCUT2D eigenvalue weighted by Crippen LogP contribution is 2.27. The van der Waals surface area contributed by atoms with Gasteiger partial charge in [-0.25, -0.2) is 0 Å². The summed E-state index contributed by atoms with van der Waals surface area (Å²) >= 11 is 0. The molecule has 1 heterocycles. The average molecular weight is 216 g/mol. The molecule has 0 amide bonds. The predicted octanol–water partition coefficient (Wildman–Crippen LogP) is 2.73. The number of benzene rings is 1. The van der Waals surface area contributed by atoms with E-state index in [-0.39, 0.29) is 0 Å². The van der Waals surface area contributed by atoms with E-state index in [4.69, 9.17) is 10.00 Å². The molecule has 0 unspecified atom stereocenters. The van der Waals surface area contributed by atoms with Gasteiger partial charge in [-0.05, 0) is 43.0 Å². The van der Waals surface area contributed by atoms with Crippen molar-refractivity contribution in [2.24, 2.45) is 0 Å². The lowest BCUT2D eigenvalue weighted by molar-refractivity contribution is 0.288. The van der Waals surface area contributed by atoms with Crippen LogP contribution in [0.5, 0.6) is 5.75 Å². The summed E-state index contributed by atoms with van der Waals surface area (Å²) < 4.78 is 5.55. The number of ether oxygens (including phenoxy) is 1. The van der Waals surface area contributed by atoms with Crippen LogP contribution in [0.2, 0.25) is 0 Å². The molecule has 3 nitrogen and oxygen atoms in total. The highest BCUT2D eigenvalue weighted by atomic mass is 16.5. The van der Waals surface area contributed by atoms with Gasteiger partial charge in [-0.1, -0.05) is 0 Å². The first-order valence-corrected chi connectivity index (χ1v) is 5.77. The third kappa shape index (κ3) is 2.66. The van der Waals surface area contributed by atoms with E-state index in [1.54, 1.807) is 0 Å². The van der Waals surface area contributed by atoms with Gasteiger partial charge in [0.05, 0.1) is 12.7 Å². The molecule has 0 saturated carbocycles. The van der Waals surface area contributed by atoms with Crippen LogP contribution in [0.3, 0.4) is 0 Å². The van der Waals surface area contributed by atoms with Crippen LogP contribution in [0.4, 0.5) is 5.69 Å². The number of nitriles is 1. The topological polar surface area (TPSA) is 45.0 Å². The molecule has 0 bridgehead atoms. The van der Waals surface area contributed by atoms with Crippen molar-refractivity contribution in [3.8, 4) is 11.8 Å². The fraction of sp³-hybridized carbons (Fsp3) is 0.462. The van der Waals surface area contributed by atoms with E-state index in [1.807, 2.05) is 12.1 Å². The Morgan fingerprint density at radius 2 is 2.38 bits per heavy atom. The van der Waals surface area contributed by atoms with Crippen LogP contribution >= 0.6 is 0 Å². The Hall–Kier alpha value is -1.69. The first kappa shape index (κ1) is 10.8. The van der Waals surface area contributed by atoms with E-state index in [9.17, 15) is 0 Å². The number of anilines is 1. The summed E-state index contributed by atoms with van der Waals surface area (Å²) in [6.07, 6.45) is 3.71. The Morgan fingerprint density at radius 1 is 1.44 bits per heavy atom. The summed E-state index contributed by atoms with van der Waals surface area (Å²) in [5.41, 5.74) is 2.42. The number of hydrogen-bond donors (Lipinski definition) is 1. The molecule has 0 atom stereocenters. The highest BCUT2D eigenvalue weighted by molar-refractivity contribution is 5.51. The minimum atomic E-state index is 0.612. The third-order valence-corrected chi connectivity index (χ3v) is 2.70. The summed E-state index contributed by atoms with van der Waals surface area (Å²) in [6.45, 7) is 1.69. The van der Waals surface area contributed by atoms with Gasteiger partial charge in [0.25, 0.3) is 0 Å². The second kappa shape index (κ2) is 5.41. The molecule has 1 aromatic rings. The van der Waals surface area contributed by atoms with Crippen molar-refractivity contribution in [2.45, 2.75) is 25.7 Å². The second-order valence-corrected chi connectivity index (χ2v) is 3.96. The molecule has 1 aliphatic rings. The van der Waals surface area contributed by atoms with Gasteiger partial charge in [0.1, 0.15) is 5.75 Å². The van der Waals surface area contributed by atoms with Gasteiger partial charge < -0.3 is 10.1 Å². The van der Waals surface area contributed by atoms with Crippen molar-refractivity contribution >= 4 is 5.69 Å². The lowest BCUT2D eigenvalue weighted by atomic mass is 10.1. The first-order chi connectivity index (χ1) is 7.90. The zero-order chi connectivity index (χ0) is 11.2. The van der Waals surface area contributed by atoms with Crippen LogP contribution in [0.15, 0.2) is 18.2 Å². The molecule has 1 aromatic carbocycles. The molecule has 1 aliphatic heterocycles. The van der Waals surface area contributed by atoms with Gasteiger partial charge in [-0.3, -0.25) is 0 Å². The summed E-state index contributed by atoms with van der Waals surface area (Å²) in [4.78, 5) is 0. The molecule has 84 valence electrons. The SMILES string of the molecule is N#CCCCNc1ccc2c(c1)CCCO2. The summed E-state index contributed by atoms with van der Waals surface area (Å²) in [7, 11) is 0. The van der Waals surface area contributed by atoms with Crippen molar-refractivity contribution in [1.29, 1.82) is 5.26 Å². The van der Waals surface area contributed by atoms with E-state index in [1.165, 1.54) is 5.56 Å². The van der Waals surface area contributed by atoms with Gasteiger partial charge in [0, 0.05) is 18.7 Å². The van der Waals surface area contributed by atoms with Gasteiger partial charge in [-0.2, -0.15) is 5.26 Å². The minimum absolute atomic E-state index is 0.612. The monoisotopic (exact) mass is 216 g/mol. The smallest absolute Gasteiger partial charge is 0.122 e. The second-order valence-electron chi connectivity index (χ2n) is 3.96. The van der Waals surface area contributed by atoms with Crippen LogP contribution in [0.1, 0.15) is 24.8 Å². The number of rotatable bonds is 4. The summed E-state index contributed by atoms with van der Waals surface area (Å²) in [5.74, 6) is 1.02. The molecular weight excluding hydrogens is 200 g/mol. The van der Waals surface area contributed by atoms with Gasteiger partial charge >= 0.3 is 0 Å². The van der Waals surface area contributed by atoms with Crippen LogP contribution < -0.4 is 10.1 Å². The van der Waals surface area contributed by atoms with Crippen LogP contribution in [-0.4, -0.2) is 13.2 Å². The Labute approximate surface area is 96.0 Å². The number of fused-ring (bicyclic) bond motifs is 1. The molecule has 0 aliphatic carbocycles. The number of nitrogens with zero attached hydrogens (tertiary/aromatic N) is 1. The number of unbranched alkanes of at least 4 members (excludes halogenated alkanes) is 1. The standard InChI is InChI=1S/C13H16N2O/c14-7-1-2-8-15-12-5-6-13-11(10-12)4-3-9-16-13/h5-6,10,15H,1-4,8-9H2. The Bertz CT molecular complexity index is 395. The van der Waals surface area contributed by atoms with E-state index in [2.05, 4.69) is 17.5 Å². The molecule has 0 radical (unpaired) electrons. The van der Waals surface area contributed by atoms with Gasteiger partial charge in [-0.15, -0.1) is 0 Å². The molecule has 1 N–H and O–H groups in total. The largest absolute Gasteiger partial charge is 0.493 e. The van der Waals surface area contributed by atoms with Crippen molar-refractivity contribution in [3.05, 3.63) is 23.8 Å². The third-order valence-electron chi connectivity index (χ3n) is 2.70. The number of aryl methyl sites for hydroxylation is 1. The molecule has 16 heavy (non-hydrogen) atoms. The lowest BCUT2D eigenvalue weighted by Gasteiger charge is -2.18. The maximum Gasteiger partial charge on any atom is 0.122 e. The molecule has 0 spiro atoms. The first-order valence-electron chi connectivity index (χ1n) is 5.77. The van der Waals surface area contributed by atoms with Crippen molar-refractivity contribution in [3.63, 3.8) is 0 Å².